The fourth-order valence-corrected chi connectivity index (χ4v) is 2.87. The van der Waals surface area contributed by atoms with E-state index >= 15 is 0 Å². The predicted octanol–water partition coefficient (Wildman–Crippen LogP) is 4.25. The predicted molar refractivity (Wildman–Crippen MR) is 108 cm³/mol. The maximum absolute atomic E-state index is 10.6. The van der Waals surface area contributed by atoms with Crippen LogP contribution in [0, 0.1) is 6.92 Å². The Morgan fingerprint density at radius 2 is 1.73 bits per heavy atom. The lowest BCUT2D eigenvalue weighted by Crippen LogP contribution is -2.22. The zero-order valence-corrected chi connectivity index (χ0v) is 16.5. The van der Waals surface area contributed by atoms with Crippen LogP contribution in [0.2, 0.25) is 0 Å². The van der Waals surface area contributed by atoms with E-state index in [0.29, 0.717) is 18.8 Å². The van der Waals surface area contributed by atoms with E-state index < -0.39 is 0 Å². The summed E-state index contributed by atoms with van der Waals surface area (Å²) in [4.78, 5) is 6.55. The third kappa shape index (κ3) is 5.09. The highest BCUT2D eigenvalue weighted by atomic mass is 16.3. The van der Waals surface area contributed by atoms with Crippen molar-refractivity contribution in [2.24, 2.45) is 4.99 Å². The Labute approximate surface area is 156 Å². The highest BCUT2D eigenvalue weighted by molar-refractivity contribution is 5.83. The molecule has 0 unspecified atom stereocenters. The number of para-hydroxylation sites is 2. The molecule has 0 fully saturated rings. The Bertz CT molecular complexity index is 776. The van der Waals surface area contributed by atoms with Crippen molar-refractivity contribution in [3.63, 3.8) is 0 Å². The lowest BCUT2D eigenvalue weighted by molar-refractivity contribution is 0.327. The number of aliphatic imine (C=N–C) groups is 1. The van der Waals surface area contributed by atoms with E-state index in [0.717, 1.165) is 28.8 Å². The molecule has 4 heteroatoms. The van der Waals surface area contributed by atoms with Gasteiger partial charge in [-0.3, -0.25) is 4.99 Å². The standard InChI is InChI=1S/C22H30N2O2/c1-16-8-6-9-17(20(16)25)14-23-12-13-24(5)15-18-10-7-11-19(21(18)26)22(2,3)4/h6-11,14,25-26H,12-13,15H2,1-5H3. The van der Waals surface area contributed by atoms with Gasteiger partial charge < -0.3 is 15.1 Å². The average molecular weight is 354 g/mol. The minimum atomic E-state index is -0.0845. The fourth-order valence-electron chi connectivity index (χ4n) is 2.87. The lowest BCUT2D eigenvalue weighted by atomic mass is 9.85. The maximum atomic E-state index is 10.6. The average Bonchev–Trinajstić information content (AvgIpc) is 2.56. The van der Waals surface area contributed by atoms with Gasteiger partial charge in [0.2, 0.25) is 0 Å². The van der Waals surface area contributed by atoms with Gasteiger partial charge >= 0.3 is 0 Å². The van der Waals surface area contributed by atoms with Crippen LogP contribution in [0.3, 0.4) is 0 Å². The van der Waals surface area contributed by atoms with E-state index in [1.807, 2.05) is 50.4 Å². The number of hydrogen-bond acceptors (Lipinski definition) is 4. The van der Waals surface area contributed by atoms with Gasteiger partial charge in [-0.25, -0.2) is 0 Å². The number of phenolic OH excluding ortho intramolecular Hbond substituents is 2. The van der Waals surface area contributed by atoms with Gasteiger partial charge in [0, 0.05) is 30.4 Å². The number of phenols is 2. The van der Waals surface area contributed by atoms with E-state index in [9.17, 15) is 10.2 Å². The summed E-state index contributed by atoms with van der Waals surface area (Å²) in [5, 5.41) is 20.6. The van der Waals surface area contributed by atoms with Gasteiger partial charge in [0.05, 0.1) is 6.54 Å². The van der Waals surface area contributed by atoms with Crippen LogP contribution in [0.15, 0.2) is 41.4 Å². The second kappa shape index (κ2) is 8.37. The summed E-state index contributed by atoms with van der Waals surface area (Å²) < 4.78 is 0. The Hall–Kier alpha value is -2.33. The van der Waals surface area contributed by atoms with Crippen LogP contribution in [-0.4, -0.2) is 41.5 Å². The van der Waals surface area contributed by atoms with Gasteiger partial charge in [-0.1, -0.05) is 51.1 Å². The number of benzene rings is 2. The lowest BCUT2D eigenvalue weighted by Gasteiger charge is -2.23. The van der Waals surface area contributed by atoms with Crippen molar-refractivity contribution in [3.8, 4) is 11.5 Å². The first kappa shape index (κ1) is 20.0. The van der Waals surface area contributed by atoms with Crippen molar-refractivity contribution >= 4 is 6.21 Å². The largest absolute Gasteiger partial charge is 0.507 e. The van der Waals surface area contributed by atoms with Gasteiger partial charge in [-0.05, 0) is 36.6 Å². The van der Waals surface area contributed by atoms with Crippen LogP contribution in [0.25, 0.3) is 0 Å². The molecular formula is C22H30N2O2. The number of likely N-dealkylation sites (N-methyl/N-ethyl adjacent to an activating group) is 1. The quantitative estimate of drug-likeness (QED) is 0.762. The van der Waals surface area contributed by atoms with Crippen LogP contribution in [-0.2, 0) is 12.0 Å². The fraction of sp³-hybridized carbons (Fsp3) is 0.409. The van der Waals surface area contributed by atoms with Crippen molar-refractivity contribution in [3.05, 3.63) is 58.7 Å². The molecule has 0 aliphatic heterocycles. The SMILES string of the molecule is Cc1cccc(C=NCCN(C)Cc2cccc(C(C)(C)C)c2O)c1O. The number of rotatable bonds is 6. The highest BCUT2D eigenvalue weighted by Gasteiger charge is 2.19. The molecule has 0 aromatic heterocycles. The van der Waals surface area contributed by atoms with Crippen LogP contribution in [0.4, 0.5) is 0 Å². The summed E-state index contributed by atoms with van der Waals surface area (Å²) in [5.74, 6) is 0.675. The van der Waals surface area contributed by atoms with Crippen LogP contribution < -0.4 is 0 Å². The van der Waals surface area contributed by atoms with E-state index in [1.54, 1.807) is 6.21 Å². The van der Waals surface area contributed by atoms with Crippen molar-refractivity contribution in [1.29, 1.82) is 0 Å². The smallest absolute Gasteiger partial charge is 0.127 e. The molecule has 140 valence electrons. The monoisotopic (exact) mass is 354 g/mol. The van der Waals surface area contributed by atoms with E-state index in [1.165, 1.54) is 0 Å². The summed E-state index contributed by atoms with van der Waals surface area (Å²) in [6, 6.07) is 11.6. The third-order valence-electron chi connectivity index (χ3n) is 4.48. The Kier molecular flexibility index (Phi) is 6.43. The Balaban J connectivity index is 1.94. The topological polar surface area (TPSA) is 56.1 Å². The van der Waals surface area contributed by atoms with Crippen LogP contribution >= 0.6 is 0 Å². The maximum Gasteiger partial charge on any atom is 0.127 e. The molecule has 2 rings (SSSR count). The highest BCUT2D eigenvalue weighted by Crippen LogP contribution is 2.33. The number of aryl methyl sites for hydroxylation is 1. The molecule has 0 aliphatic carbocycles. The number of aromatic hydroxyl groups is 2. The molecule has 0 atom stereocenters. The van der Waals surface area contributed by atoms with Crippen LogP contribution in [0.1, 0.15) is 43.0 Å². The minimum absolute atomic E-state index is 0.0845. The van der Waals surface area contributed by atoms with Gasteiger partial charge in [-0.2, -0.15) is 0 Å². The molecule has 0 bridgehead atoms. The molecule has 2 aromatic carbocycles. The van der Waals surface area contributed by atoms with Gasteiger partial charge in [0.15, 0.2) is 0 Å². The first-order valence-electron chi connectivity index (χ1n) is 8.98. The molecule has 0 radical (unpaired) electrons. The van der Waals surface area contributed by atoms with Crippen molar-refractivity contribution in [2.45, 2.75) is 39.7 Å². The zero-order valence-electron chi connectivity index (χ0n) is 16.5. The minimum Gasteiger partial charge on any atom is -0.507 e. The third-order valence-corrected chi connectivity index (χ3v) is 4.48. The van der Waals surface area contributed by atoms with Crippen molar-refractivity contribution < 1.29 is 10.2 Å². The summed E-state index contributed by atoms with van der Waals surface area (Å²) in [5.41, 5.74) is 3.40. The van der Waals surface area contributed by atoms with Crippen molar-refractivity contribution in [1.82, 2.24) is 4.90 Å². The van der Waals surface area contributed by atoms with Crippen LogP contribution in [0.5, 0.6) is 11.5 Å². The Morgan fingerprint density at radius 3 is 2.42 bits per heavy atom. The summed E-state index contributed by atoms with van der Waals surface area (Å²) >= 11 is 0. The summed E-state index contributed by atoms with van der Waals surface area (Å²) in [6.45, 7) is 10.2. The second-order valence-electron chi connectivity index (χ2n) is 7.85. The number of hydrogen-bond donors (Lipinski definition) is 2. The number of nitrogens with zero attached hydrogens (tertiary/aromatic N) is 2. The van der Waals surface area contributed by atoms with E-state index in [2.05, 4.69) is 30.7 Å². The van der Waals surface area contributed by atoms with Gasteiger partial charge in [0.1, 0.15) is 11.5 Å². The molecule has 0 amide bonds. The zero-order chi connectivity index (χ0) is 19.3. The molecule has 0 spiro atoms. The van der Waals surface area contributed by atoms with E-state index in [-0.39, 0.29) is 11.2 Å². The van der Waals surface area contributed by atoms with Crippen molar-refractivity contribution in [2.75, 3.05) is 20.1 Å². The molecule has 0 saturated heterocycles. The van der Waals surface area contributed by atoms with Gasteiger partial charge in [0.25, 0.3) is 0 Å². The summed E-state index contributed by atoms with van der Waals surface area (Å²) in [6.07, 6.45) is 1.72. The molecule has 2 aromatic rings. The molecule has 4 nitrogen and oxygen atoms in total. The molecule has 26 heavy (non-hydrogen) atoms. The first-order valence-corrected chi connectivity index (χ1v) is 8.98. The Morgan fingerprint density at radius 1 is 1.04 bits per heavy atom. The second-order valence-corrected chi connectivity index (χ2v) is 7.85. The first-order chi connectivity index (χ1) is 12.2. The molecule has 0 saturated carbocycles. The van der Waals surface area contributed by atoms with E-state index in [4.69, 9.17) is 0 Å². The molecule has 0 aliphatic rings. The molecule has 0 heterocycles. The summed E-state index contributed by atoms with van der Waals surface area (Å²) in [7, 11) is 2.02. The molecular weight excluding hydrogens is 324 g/mol. The normalized spacial score (nSPS) is 12.2. The van der Waals surface area contributed by atoms with Gasteiger partial charge in [-0.15, -0.1) is 0 Å². The molecule has 2 N–H and O–H groups in total.